The number of benzene rings is 2. The summed E-state index contributed by atoms with van der Waals surface area (Å²) in [4.78, 5) is 11.1. The van der Waals surface area contributed by atoms with Crippen molar-refractivity contribution in [1.82, 2.24) is 0 Å². The standard InChI is InChI=1S/C16H15FO4/c17-13-6-5-12(14(9-13)16(19)20)10-21-15-4-2-1-3-11(15)7-8-18/h1-6,9,18H,7-8,10H2,(H,19,20). The zero-order valence-corrected chi connectivity index (χ0v) is 11.3. The van der Waals surface area contributed by atoms with Crippen molar-refractivity contribution in [2.45, 2.75) is 13.0 Å². The molecule has 0 saturated heterocycles. The van der Waals surface area contributed by atoms with Crippen LogP contribution in [0.3, 0.4) is 0 Å². The molecule has 21 heavy (non-hydrogen) atoms. The van der Waals surface area contributed by atoms with Crippen LogP contribution in [0.15, 0.2) is 42.5 Å². The van der Waals surface area contributed by atoms with Gasteiger partial charge in [-0.15, -0.1) is 0 Å². The third kappa shape index (κ3) is 3.79. The molecule has 2 aromatic rings. The van der Waals surface area contributed by atoms with Crippen LogP contribution >= 0.6 is 0 Å². The van der Waals surface area contributed by atoms with Gasteiger partial charge in [-0.2, -0.15) is 0 Å². The van der Waals surface area contributed by atoms with Crippen LogP contribution in [0.2, 0.25) is 0 Å². The second kappa shape index (κ2) is 6.85. The topological polar surface area (TPSA) is 66.8 Å². The number of ether oxygens (including phenoxy) is 1. The number of aromatic carboxylic acids is 1. The Morgan fingerprint density at radius 1 is 1.14 bits per heavy atom. The molecule has 0 unspecified atom stereocenters. The van der Waals surface area contributed by atoms with Crippen LogP contribution < -0.4 is 4.74 Å². The van der Waals surface area contributed by atoms with Crippen molar-refractivity contribution in [3.05, 3.63) is 65.0 Å². The van der Waals surface area contributed by atoms with Gasteiger partial charge in [0, 0.05) is 12.2 Å². The number of carboxylic acids is 1. The normalized spacial score (nSPS) is 10.4. The van der Waals surface area contributed by atoms with E-state index in [1.807, 2.05) is 12.1 Å². The van der Waals surface area contributed by atoms with Crippen molar-refractivity contribution in [1.29, 1.82) is 0 Å². The first-order chi connectivity index (χ1) is 10.1. The summed E-state index contributed by atoms with van der Waals surface area (Å²) in [6.07, 6.45) is 0.450. The predicted molar refractivity (Wildman–Crippen MR) is 74.9 cm³/mol. The van der Waals surface area contributed by atoms with E-state index in [1.54, 1.807) is 12.1 Å². The molecule has 0 radical (unpaired) electrons. The van der Waals surface area contributed by atoms with Crippen molar-refractivity contribution < 1.29 is 24.1 Å². The highest BCUT2D eigenvalue weighted by molar-refractivity contribution is 5.89. The quantitative estimate of drug-likeness (QED) is 0.858. The number of rotatable bonds is 6. The van der Waals surface area contributed by atoms with Gasteiger partial charge in [-0.05, 0) is 30.2 Å². The summed E-state index contributed by atoms with van der Waals surface area (Å²) in [6.45, 7) is 0.0155. The molecule has 0 aromatic heterocycles. The molecule has 0 aliphatic heterocycles. The van der Waals surface area contributed by atoms with Crippen molar-refractivity contribution >= 4 is 5.97 Å². The van der Waals surface area contributed by atoms with E-state index in [0.29, 0.717) is 17.7 Å². The van der Waals surface area contributed by atoms with Gasteiger partial charge < -0.3 is 14.9 Å². The molecule has 0 aliphatic rings. The summed E-state index contributed by atoms with van der Waals surface area (Å²) < 4.78 is 18.7. The minimum Gasteiger partial charge on any atom is -0.489 e. The van der Waals surface area contributed by atoms with Crippen molar-refractivity contribution in [2.75, 3.05) is 6.61 Å². The number of aliphatic hydroxyl groups is 1. The van der Waals surface area contributed by atoms with E-state index in [2.05, 4.69) is 0 Å². The number of hydrogen-bond donors (Lipinski definition) is 2. The lowest BCUT2D eigenvalue weighted by Crippen LogP contribution is -2.07. The van der Waals surface area contributed by atoms with E-state index in [9.17, 15) is 9.18 Å². The summed E-state index contributed by atoms with van der Waals surface area (Å²) in [5, 5.41) is 18.1. The minimum absolute atomic E-state index is 0.00268. The van der Waals surface area contributed by atoms with Crippen LogP contribution in [0.1, 0.15) is 21.5 Å². The lowest BCUT2D eigenvalue weighted by molar-refractivity contribution is 0.0693. The second-order valence-electron chi connectivity index (χ2n) is 4.48. The zero-order chi connectivity index (χ0) is 15.2. The van der Waals surface area contributed by atoms with Crippen LogP contribution in [-0.2, 0) is 13.0 Å². The highest BCUT2D eigenvalue weighted by atomic mass is 19.1. The number of hydrogen-bond acceptors (Lipinski definition) is 3. The molecule has 2 N–H and O–H groups in total. The molecule has 0 heterocycles. The second-order valence-corrected chi connectivity index (χ2v) is 4.48. The van der Waals surface area contributed by atoms with Gasteiger partial charge in [-0.3, -0.25) is 0 Å². The molecule has 0 amide bonds. The van der Waals surface area contributed by atoms with E-state index < -0.39 is 11.8 Å². The maximum atomic E-state index is 13.1. The molecular formula is C16H15FO4. The zero-order valence-electron chi connectivity index (χ0n) is 11.3. The largest absolute Gasteiger partial charge is 0.489 e. The maximum Gasteiger partial charge on any atom is 0.336 e. The highest BCUT2D eigenvalue weighted by Crippen LogP contribution is 2.21. The SMILES string of the molecule is O=C(O)c1cc(F)ccc1COc1ccccc1CCO. The molecule has 0 fully saturated rings. The average molecular weight is 290 g/mol. The molecule has 2 rings (SSSR count). The van der Waals surface area contributed by atoms with E-state index in [1.165, 1.54) is 12.1 Å². The van der Waals surface area contributed by atoms with Crippen LogP contribution in [0, 0.1) is 5.82 Å². The highest BCUT2D eigenvalue weighted by Gasteiger charge is 2.12. The number of para-hydroxylation sites is 1. The molecular weight excluding hydrogens is 275 g/mol. The summed E-state index contributed by atoms with van der Waals surface area (Å²) in [6, 6.07) is 10.8. The minimum atomic E-state index is -1.20. The lowest BCUT2D eigenvalue weighted by Gasteiger charge is -2.12. The molecule has 0 aliphatic carbocycles. The summed E-state index contributed by atoms with van der Waals surface area (Å²) >= 11 is 0. The van der Waals surface area contributed by atoms with E-state index in [4.69, 9.17) is 14.9 Å². The van der Waals surface area contributed by atoms with Crippen LogP contribution in [-0.4, -0.2) is 22.8 Å². The Balaban J connectivity index is 2.19. The summed E-state index contributed by atoms with van der Waals surface area (Å²) in [5.41, 5.74) is 1.11. The van der Waals surface area contributed by atoms with E-state index in [0.717, 1.165) is 11.6 Å². The van der Waals surface area contributed by atoms with Crippen LogP contribution in [0.4, 0.5) is 4.39 Å². The van der Waals surface area contributed by atoms with Gasteiger partial charge in [0.1, 0.15) is 18.2 Å². The number of carbonyl (C=O) groups is 1. The Hall–Kier alpha value is -2.40. The van der Waals surface area contributed by atoms with Gasteiger partial charge in [0.25, 0.3) is 0 Å². The Morgan fingerprint density at radius 2 is 1.90 bits per heavy atom. The maximum absolute atomic E-state index is 13.1. The molecule has 110 valence electrons. The first-order valence-corrected chi connectivity index (χ1v) is 6.45. The van der Waals surface area contributed by atoms with Gasteiger partial charge in [0.05, 0.1) is 5.56 Å². The smallest absolute Gasteiger partial charge is 0.336 e. The van der Waals surface area contributed by atoms with Gasteiger partial charge in [-0.1, -0.05) is 24.3 Å². The van der Waals surface area contributed by atoms with Gasteiger partial charge in [0.2, 0.25) is 0 Å². The molecule has 0 spiro atoms. The fourth-order valence-electron chi connectivity index (χ4n) is 2.00. The van der Waals surface area contributed by atoms with Gasteiger partial charge in [0.15, 0.2) is 0 Å². The molecule has 0 bridgehead atoms. The first kappa shape index (κ1) is 15.0. The Bertz CT molecular complexity index is 640. The van der Waals surface area contributed by atoms with E-state index >= 15 is 0 Å². The Labute approximate surface area is 121 Å². The van der Waals surface area contributed by atoms with Crippen molar-refractivity contribution in [3.63, 3.8) is 0 Å². The first-order valence-electron chi connectivity index (χ1n) is 6.45. The predicted octanol–water partition coefficient (Wildman–Crippen LogP) is 2.64. The monoisotopic (exact) mass is 290 g/mol. The number of carboxylic acid groups (broad SMARTS) is 1. The van der Waals surface area contributed by atoms with Crippen molar-refractivity contribution in [3.8, 4) is 5.75 Å². The van der Waals surface area contributed by atoms with Crippen LogP contribution in [0.5, 0.6) is 5.75 Å². The molecule has 0 saturated carbocycles. The molecule has 4 nitrogen and oxygen atoms in total. The fraction of sp³-hybridized carbons (Fsp3) is 0.188. The third-order valence-corrected chi connectivity index (χ3v) is 3.04. The van der Waals surface area contributed by atoms with Crippen LogP contribution in [0.25, 0.3) is 0 Å². The van der Waals surface area contributed by atoms with Crippen molar-refractivity contribution in [2.24, 2.45) is 0 Å². The lowest BCUT2D eigenvalue weighted by atomic mass is 10.1. The average Bonchev–Trinajstić information content (AvgIpc) is 2.47. The summed E-state index contributed by atoms with van der Waals surface area (Å²) in [5.74, 6) is -1.22. The summed E-state index contributed by atoms with van der Waals surface area (Å²) in [7, 11) is 0. The number of aliphatic hydroxyl groups excluding tert-OH is 1. The fourth-order valence-corrected chi connectivity index (χ4v) is 2.00. The van der Waals surface area contributed by atoms with E-state index in [-0.39, 0.29) is 18.8 Å². The van der Waals surface area contributed by atoms with Gasteiger partial charge >= 0.3 is 5.97 Å². The number of halogens is 1. The Morgan fingerprint density at radius 3 is 2.62 bits per heavy atom. The van der Waals surface area contributed by atoms with Gasteiger partial charge in [-0.25, -0.2) is 9.18 Å². The molecule has 2 aromatic carbocycles. The molecule has 5 heteroatoms. The third-order valence-electron chi connectivity index (χ3n) is 3.04. The molecule has 0 atom stereocenters. The Kier molecular flexibility index (Phi) is 4.90.